The maximum absolute atomic E-state index is 12.1. The molecule has 1 atom stereocenters. The molecule has 0 aromatic rings. The van der Waals surface area contributed by atoms with Crippen LogP contribution in [0, 0.1) is 5.41 Å². The van der Waals surface area contributed by atoms with E-state index in [1.54, 1.807) is 0 Å². The third-order valence-corrected chi connectivity index (χ3v) is 2.91. The summed E-state index contributed by atoms with van der Waals surface area (Å²) in [5, 5.41) is 3.43. The lowest BCUT2D eigenvalue weighted by atomic mass is 9.94. The number of hydrogen-bond acceptors (Lipinski definition) is 2. The van der Waals surface area contributed by atoms with Crippen molar-refractivity contribution in [2.75, 3.05) is 19.6 Å². The third kappa shape index (κ3) is 3.49. The molecule has 1 aliphatic heterocycles. The summed E-state index contributed by atoms with van der Waals surface area (Å²) < 4.78 is 0. The largest absolute Gasteiger partial charge is 0.341 e. The van der Waals surface area contributed by atoms with Gasteiger partial charge in [-0.15, -0.1) is 0 Å². The summed E-state index contributed by atoms with van der Waals surface area (Å²) in [7, 11) is 0. The Morgan fingerprint density at radius 1 is 1.47 bits per heavy atom. The lowest BCUT2D eigenvalue weighted by Crippen LogP contribution is -2.45. The highest BCUT2D eigenvalue weighted by Gasteiger charge is 2.28. The van der Waals surface area contributed by atoms with E-state index in [4.69, 9.17) is 0 Å². The minimum atomic E-state index is -0.255. The molecule has 1 aliphatic rings. The van der Waals surface area contributed by atoms with Crippen molar-refractivity contribution in [1.29, 1.82) is 0 Å². The molecule has 0 aromatic heterocycles. The van der Waals surface area contributed by atoms with Crippen LogP contribution in [0.5, 0.6) is 0 Å². The maximum atomic E-state index is 12.1. The van der Waals surface area contributed by atoms with E-state index >= 15 is 0 Å². The number of hydrogen-bond donors (Lipinski definition) is 1. The van der Waals surface area contributed by atoms with E-state index in [1.165, 1.54) is 12.8 Å². The number of carbonyl (C=O) groups excluding carboxylic acids is 1. The molecule has 1 amide bonds. The van der Waals surface area contributed by atoms with Gasteiger partial charge in [-0.1, -0.05) is 20.8 Å². The molecule has 1 unspecified atom stereocenters. The molecule has 3 nitrogen and oxygen atoms in total. The molecule has 0 radical (unpaired) electrons. The molecule has 1 N–H and O–H groups in total. The predicted molar refractivity (Wildman–Crippen MR) is 62.7 cm³/mol. The molecule has 3 heteroatoms. The molecule has 1 heterocycles. The van der Waals surface area contributed by atoms with Crippen LogP contribution in [-0.4, -0.2) is 36.5 Å². The van der Waals surface area contributed by atoms with Crippen LogP contribution in [0.3, 0.4) is 0 Å². The fraction of sp³-hybridized carbons (Fsp3) is 0.917. The van der Waals surface area contributed by atoms with Gasteiger partial charge in [0.05, 0.1) is 0 Å². The summed E-state index contributed by atoms with van der Waals surface area (Å²) in [5.41, 5.74) is -0.255. The topological polar surface area (TPSA) is 32.3 Å². The molecule has 0 spiro atoms. The van der Waals surface area contributed by atoms with Gasteiger partial charge in [-0.25, -0.2) is 0 Å². The monoisotopic (exact) mass is 212 g/mol. The smallest absolute Gasteiger partial charge is 0.227 e. The summed E-state index contributed by atoms with van der Waals surface area (Å²) in [6.45, 7) is 10.8. The zero-order valence-electron chi connectivity index (χ0n) is 10.5. The zero-order valence-corrected chi connectivity index (χ0v) is 10.5. The molecule has 0 aliphatic carbocycles. The highest BCUT2D eigenvalue weighted by Crippen LogP contribution is 2.18. The molecule has 0 bridgehead atoms. The van der Waals surface area contributed by atoms with Gasteiger partial charge in [-0.2, -0.15) is 0 Å². The van der Waals surface area contributed by atoms with Crippen molar-refractivity contribution in [1.82, 2.24) is 10.2 Å². The van der Waals surface area contributed by atoms with Crippen LogP contribution in [0.25, 0.3) is 0 Å². The van der Waals surface area contributed by atoms with Crippen molar-refractivity contribution in [2.24, 2.45) is 5.41 Å². The van der Waals surface area contributed by atoms with Crippen molar-refractivity contribution >= 4 is 5.91 Å². The Labute approximate surface area is 93.2 Å². The zero-order chi connectivity index (χ0) is 11.5. The highest BCUT2D eigenvalue weighted by molar-refractivity contribution is 5.81. The van der Waals surface area contributed by atoms with Gasteiger partial charge in [-0.3, -0.25) is 4.79 Å². The van der Waals surface area contributed by atoms with Crippen LogP contribution < -0.4 is 5.32 Å². The molecule has 1 fully saturated rings. The second-order valence-corrected chi connectivity index (χ2v) is 5.39. The number of amides is 1. The van der Waals surface area contributed by atoms with Crippen molar-refractivity contribution in [3.63, 3.8) is 0 Å². The SMILES string of the molecule is CCN(CC1CCCN1)C(=O)C(C)(C)C. The van der Waals surface area contributed by atoms with Gasteiger partial charge >= 0.3 is 0 Å². The van der Waals surface area contributed by atoms with E-state index < -0.39 is 0 Å². The maximum Gasteiger partial charge on any atom is 0.227 e. The van der Waals surface area contributed by atoms with Crippen molar-refractivity contribution in [2.45, 2.75) is 46.6 Å². The Balaban J connectivity index is 2.51. The van der Waals surface area contributed by atoms with E-state index in [0.29, 0.717) is 6.04 Å². The van der Waals surface area contributed by atoms with Gasteiger partial charge in [-0.05, 0) is 26.3 Å². The Bertz CT molecular complexity index is 214. The minimum absolute atomic E-state index is 0.255. The second-order valence-electron chi connectivity index (χ2n) is 5.39. The lowest BCUT2D eigenvalue weighted by Gasteiger charge is -2.30. The van der Waals surface area contributed by atoms with Gasteiger partial charge < -0.3 is 10.2 Å². The molecule has 1 saturated heterocycles. The minimum Gasteiger partial charge on any atom is -0.341 e. The molecular formula is C12H24N2O. The van der Waals surface area contributed by atoms with Gasteiger partial charge in [0.2, 0.25) is 5.91 Å². The molecule has 15 heavy (non-hydrogen) atoms. The number of nitrogens with one attached hydrogen (secondary N) is 1. The van der Waals surface area contributed by atoms with Crippen LogP contribution in [0.1, 0.15) is 40.5 Å². The van der Waals surface area contributed by atoms with Crippen LogP contribution in [0.2, 0.25) is 0 Å². The first-order valence-corrected chi connectivity index (χ1v) is 5.98. The average Bonchev–Trinajstić information content (AvgIpc) is 2.64. The first-order chi connectivity index (χ1) is 6.95. The normalized spacial score (nSPS) is 21.7. The Kier molecular flexibility index (Phi) is 4.14. The molecule has 0 aromatic carbocycles. The van der Waals surface area contributed by atoms with Crippen LogP contribution in [0.15, 0.2) is 0 Å². The van der Waals surface area contributed by atoms with Crippen molar-refractivity contribution in [3.8, 4) is 0 Å². The molecule has 0 saturated carbocycles. The first kappa shape index (κ1) is 12.5. The van der Waals surface area contributed by atoms with Crippen LogP contribution in [0.4, 0.5) is 0 Å². The average molecular weight is 212 g/mol. The van der Waals surface area contributed by atoms with Crippen molar-refractivity contribution < 1.29 is 4.79 Å². The quantitative estimate of drug-likeness (QED) is 0.771. The highest BCUT2D eigenvalue weighted by atomic mass is 16.2. The first-order valence-electron chi connectivity index (χ1n) is 5.98. The number of likely N-dealkylation sites (N-methyl/N-ethyl adjacent to an activating group) is 1. The molecule has 88 valence electrons. The number of carbonyl (C=O) groups is 1. The van der Waals surface area contributed by atoms with Crippen LogP contribution in [-0.2, 0) is 4.79 Å². The van der Waals surface area contributed by atoms with Gasteiger partial charge in [0, 0.05) is 24.5 Å². The van der Waals surface area contributed by atoms with E-state index in [-0.39, 0.29) is 11.3 Å². The molecule has 1 rings (SSSR count). The summed E-state index contributed by atoms with van der Waals surface area (Å²) in [6.07, 6.45) is 2.44. The Hall–Kier alpha value is -0.570. The Morgan fingerprint density at radius 2 is 2.13 bits per heavy atom. The number of nitrogens with zero attached hydrogens (tertiary/aromatic N) is 1. The van der Waals surface area contributed by atoms with Crippen LogP contribution >= 0.6 is 0 Å². The van der Waals surface area contributed by atoms with Gasteiger partial charge in [0.15, 0.2) is 0 Å². The van der Waals surface area contributed by atoms with Gasteiger partial charge in [0.1, 0.15) is 0 Å². The van der Waals surface area contributed by atoms with E-state index in [1.807, 2.05) is 25.7 Å². The standard InChI is InChI=1S/C12H24N2O/c1-5-14(11(15)12(2,3)4)9-10-7-6-8-13-10/h10,13H,5-9H2,1-4H3. The fourth-order valence-corrected chi connectivity index (χ4v) is 2.01. The van der Waals surface area contributed by atoms with E-state index in [0.717, 1.165) is 19.6 Å². The summed E-state index contributed by atoms with van der Waals surface area (Å²) in [4.78, 5) is 14.1. The third-order valence-electron chi connectivity index (χ3n) is 2.91. The predicted octanol–water partition coefficient (Wildman–Crippen LogP) is 1.63. The second kappa shape index (κ2) is 4.97. The summed E-state index contributed by atoms with van der Waals surface area (Å²) >= 11 is 0. The summed E-state index contributed by atoms with van der Waals surface area (Å²) in [5.74, 6) is 0.263. The Morgan fingerprint density at radius 3 is 2.53 bits per heavy atom. The summed E-state index contributed by atoms with van der Waals surface area (Å²) in [6, 6.07) is 0.510. The fourth-order valence-electron chi connectivity index (χ4n) is 2.01. The van der Waals surface area contributed by atoms with E-state index in [9.17, 15) is 4.79 Å². The van der Waals surface area contributed by atoms with E-state index in [2.05, 4.69) is 12.2 Å². The molecular weight excluding hydrogens is 188 g/mol. The van der Waals surface area contributed by atoms with Crippen molar-refractivity contribution in [3.05, 3.63) is 0 Å². The number of rotatable bonds is 3. The lowest BCUT2D eigenvalue weighted by molar-refractivity contribution is -0.139. The van der Waals surface area contributed by atoms with Gasteiger partial charge in [0.25, 0.3) is 0 Å².